The molecule has 2 fully saturated rings. The molecule has 0 unspecified atom stereocenters. The molecule has 0 aromatic heterocycles. The molecule has 3 atom stereocenters. The Morgan fingerprint density at radius 1 is 1.12 bits per heavy atom. The van der Waals surface area contributed by atoms with E-state index in [1.54, 1.807) is 0 Å². The van der Waals surface area contributed by atoms with Crippen molar-refractivity contribution in [3.05, 3.63) is 0 Å². The molecule has 1 saturated carbocycles. The predicted octanol–water partition coefficient (Wildman–Crippen LogP) is 2.17. The third-order valence-electron chi connectivity index (χ3n) is 5.57. The third-order valence-corrected chi connectivity index (χ3v) is 5.57. The number of likely N-dealkylation sites (tertiary alicyclic amines) is 1. The number of hydrogen-bond acceptors (Lipinski definition) is 3. The zero-order valence-electron chi connectivity index (χ0n) is 14.8. The van der Waals surface area contributed by atoms with Crippen molar-refractivity contribution in [2.24, 2.45) is 11.8 Å². The number of aliphatic carboxylic acids is 1. The molecule has 6 nitrogen and oxygen atoms in total. The van der Waals surface area contributed by atoms with Gasteiger partial charge >= 0.3 is 5.97 Å². The topological polar surface area (TPSA) is 86.7 Å². The average Bonchev–Trinajstić information content (AvgIpc) is 3.09. The normalized spacial score (nSPS) is 24.4. The Hall–Kier alpha value is -1.59. The van der Waals surface area contributed by atoms with Crippen LogP contribution in [0, 0.1) is 11.8 Å². The first kappa shape index (κ1) is 18.7. The van der Waals surface area contributed by atoms with E-state index in [1.165, 1.54) is 4.90 Å². The molecule has 24 heavy (non-hydrogen) atoms. The van der Waals surface area contributed by atoms with Crippen molar-refractivity contribution in [1.29, 1.82) is 0 Å². The summed E-state index contributed by atoms with van der Waals surface area (Å²) in [5.41, 5.74) is 0. The quantitative estimate of drug-likeness (QED) is 0.777. The number of carboxylic acid groups (broad SMARTS) is 1. The second kappa shape index (κ2) is 8.49. The molecule has 0 spiro atoms. The maximum atomic E-state index is 13.1. The van der Waals surface area contributed by atoms with Gasteiger partial charge in [0, 0.05) is 12.5 Å². The Bertz CT molecular complexity index is 474. The fourth-order valence-corrected chi connectivity index (χ4v) is 3.80. The van der Waals surface area contributed by atoms with Gasteiger partial charge in [-0.15, -0.1) is 0 Å². The zero-order chi connectivity index (χ0) is 17.7. The highest BCUT2D eigenvalue weighted by Crippen LogP contribution is 2.29. The van der Waals surface area contributed by atoms with Crippen LogP contribution in [0.4, 0.5) is 0 Å². The lowest BCUT2D eigenvalue weighted by Gasteiger charge is -2.34. The molecule has 0 radical (unpaired) electrons. The van der Waals surface area contributed by atoms with Gasteiger partial charge in [0.25, 0.3) is 0 Å². The van der Waals surface area contributed by atoms with E-state index in [0.29, 0.717) is 19.4 Å². The summed E-state index contributed by atoms with van der Waals surface area (Å²) in [4.78, 5) is 38.3. The average molecular weight is 338 g/mol. The monoisotopic (exact) mass is 338 g/mol. The second-order valence-electron chi connectivity index (χ2n) is 7.22. The minimum Gasteiger partial charge on any atom is -0.480 e. The molecule has 6 heteroatoms. The van der Waals surface area contributed by atoms with E-state index >= 15 is 0 Å². The van der Waals surface area contributed by atoms with Gasteiger partial charge in [-0.2, -0.15) is 0 Å². The maximum absolute atomic E-state index is 13.1. The number of nitrogens with one attached hydrogen (secondary N) is 1. The van der Waals surface area contributed by atoms with E-state index in [1.807, 2.05) is 13.8 Å². The molecule has 136 valence electrons. The van der Waals surface area contributed by atoms with Gasteiger partial charge in [-0.05, 0) is 38.0 Å². The molecule has 0 aromatic carbocycles. The van der Waals surface area contributed by atoms with Crippen LogP contribution in [0.1, 0.15) is 65.2 Å². The highest BCUT2D eigenvalue weighted by atomic mass is 16.4. The first-order valence-corrected chi connectivity index (χ1v) is 9.29. The lowest BCUT2D eigenvalue weighted by Crippen LogP contribution is -2.55. The fraction of sp³-hybridized carbons (Fsp3) is 0.833. The molecular weight excluding hydrogens is 308 g/mol. The SMILES string of the molecule is CC[C@@H](C)C(=O)N[C@H](C(=O)N1CCC[C@H]1C(=O)O)C1CCCCC1. The second-order valence-corrected chi connectivity index (χ2v) is 7.22. The van der Waals surface area contributed by atoms with Crippen molar-refractivity contribution >= 4 is 17.8 Å². The summed E-state index contributed by atoms with van der Waals surface area (Å²) < 4.78 is 0. The minimum atomic E-state index is -0.948. The van der Waals surface area contributed by atoms with Gasteiger partial charge < -0.3 is 15.3 Å². The summed E-state index contributed by atoms with van der Waals surface area (Å²) in [5, 5.41) is 12.3. The van der Waals surface area contributed by atoms with Crippen molar-refractivity contribution in [3.63, 3.8) is 0 Å². The Morgan fingerprint density at radius 2 is 1.79 bits per heavy atom. The van der Waals surface area contributed by atoms with Crippen LogP contribution >= 0.6 is 0 Å². The van der Waals surface area contributed by atoms with E-state index in [2.05, 4.69) is 5.32 Å². The van der Waals surface area contributed by atoms with Crippen LogP contribution in [-0.4, -0.2) is 46.4 Å². The van der Waals surface area contributed by atoms with Gasteiger partial charge in [0.05, 0.1) is 0 Å². The Balaban J connectivity index is 2.15. The van der Waals surface area contributed by atoms with Gasteiger partial charge in [-0.3, -0.25) is 9.59 Å². The molecule has 0 bridgehead atoms. The number of nitrogens with zero attached hydrogens (tertiary/aromatic N) is 1. The van der Waals surface area contributed by atoms with Gasteiger partial charge in [0.15, 0.2) is 0 Å². The molecule has 1 heterocycles. The van der Waals surface area contributed by atoms with E-state index in [-0.39, 0.29) is 23.7 Å². The molecule has 2 amide bonds. The van der Waals surface area contributed by atoms with Gasteiger partial charge in [-0.1, -0.05) is 33.1 Å². The fourth-order valence-electron chi connectivity index (χ4n) is 3.80. The molecular formula is C18H30N2O4. The lowest BCUT2D eigenvalue weighted by atomic mass is 9.83. The first-order chi connectivity index (χ1) is 11.5. The molecule has 1 aliphatic carbocycles. The van der Waals surface area contributed by atoms with E-state index in [0.717, 1.165) is 38.5 Å². The molecule has 2 aliphatic rings. The first-order valence-electron chi connectivity index (χ1n) is 9.29. The molecule has 2 N–H and O–H groups in total. The third kappa shape index (κ3) is 4.28. The largest absolute Gasteiger partial charge is 0.480 e. The standard InChI is InChI=1S/C18H30N2O4/c1-3-12(2)16(21)19-15(13-8-5-4-6-9-13)17(22)20-11-7-10-14(20)18(23)24/h12-15H,3-11H2,1-2H3,(H,19,21)(H,23,24)/t12-,14+,15+/m1/s1. The molecule has 1 aliphatic heterocycles. The maximum Gasteiger partial charge on any atom is 0.326 e. The number of hydrogen-bond donors (Lipinski definition) is 2. The number of carboxylic acids is 1. The Labute approximate surface area is 144 Å². The van der Waals surface area contributed by atoms with Crippen molar-refractivity contribution in [2.75, 3.05) is 6.54 Å². The summed E-state index contributed by atoms with van der Waals surface area (Å²) >= 11 is 0. The number of carbonyl (C=O) groups is 3. The van der Waals surface area contributed by atoms with Gasteiger partial charge in [0.2, 0.25) is 11.8 Å². The van der Waals surface area contributed by atoms with Crippen LogP contribution in [0.5, 0.6) is 0 Å². The van der Waals surface area contributed by atoms with Crippen LogP contribution in [0.2, 0.25) is 0 Å². The van der Waals surface area contributed by atoms with Crippen LogP contribution in [0.25, 0.3) is 0 Å². The van der Waals surface area contributed by atoms with Crippen LogP contribution in [0.3, 0.4) is 0 Å². The highest BCUT2D eigenvalue weighted by molar-refractivity contribution is 5.91. The summed E-state index contributed by atoms with van der Waals surface area (Å²) in [6.45, 7) is 4.27. The Kier molecular flexibility index (Phi) is 6.63. The van der Waals surface area contributed by atoms with Crippen molar-refractivity contribution < 1.29 is 19.5 Å². The minimum absolute atomic E-state index is 0.104. The predicted molar refractivity (Wildman–Crippen MR) is 90.3 cm³/mol. The van der Waals surface area contributed by atoms with Crippen molar-refractivity contribution in [3.8, 4) is 0 Å². The van der Waals surface area contributed by atoms with E-state index in [4.69, 9.17) is 0 Å². The Morgan fingerprint density at radius 3 is 2.38 bits per heavy atom. The summed E-state index contributed by atoms with van der Waals surface area (Å²) in [6.07, 6.45) is 7.06. The molecule has 2 rings (SSSR count). The van der Waals surface area contributed by atoms with Crippen LogP contribution in [-0.2, 0) is 14.4 Å². The van der Waals surface area contributed by atoms with Gasteiger partial charge in [0.1, 0.15) is 12.1 Å². The van der Waals surface area contributed by atoms with Crippen LogP contribution < -0.4 is 5.32 Å². The smallest absolute Gasteiger partial charge is 0.326 e. The highest BCUT2D eigenvalue weighted by Gasteiger charge is 2.40. The summed E-state index contributed by atoms with van der Waals surface area (Å²) in [5.74, 6) is -1.28. The molecule has 0 aromatic rings. The number of rotatable bonds is 6. The zero-order valence-corrected chi connectivity index (χ0v) is 14.8. The van der Waals surface area contributed by atoms with Crippen molar-refractivity contribution in [2.45, 2.75) is 77.3 Å². The van der Waals surface area contributed by atoms with Crippen molar-refractivity contribution in [1.82, 2.24) is 10.2 Å². The van der Waals surface area contributed by atoms with E-state index in [9.17, 15) is 19.5 Å². The lowest BCUT2D eigenvalue weighted by molar-refractivity contribution is -0.150. The number of amides is 2. The van der Waals surface area contributed by atoms with E-state index < -0.39 is 18.1 Å². The summed E-state index contributed by atoms with van der Waals surface area (Å²) in [6, 6.07) is -1.32. The molecule has 1 saturated heterocycles. The number of carbonyl (C=O) groups excluding carboxylic acids is 2. The van der Waals surface area contributed by atoms with Gasteiger partial charge in [-0.25, -0.2) is 4.79 Å². The van der Waals surface area contributed by atoms with Crippen LogP contribution in [0.15, 0.2) is 0 Å². The summed E-state index contributed by atoms with van der Waals surface area (Å²) in [7, 11) is 0.